The number of carbonyl (C=O) groups excluding carboxylic acids is 1. The molecule has 2 N–H and O–H groups in total. The summed E-state index contributed by atoms with van der Waals surface area (Å²) in [6.07, 6.45) is 0. The van der Waals surface area contributed by atoms with Crippen molar-refractivity contribution >= 4 is 28.9 Å². The second-order valence-electron chi connectivity index (χ2n) is 5.30. The molecule has 0 atom stereocenters. The highest BCUT2D eigenvalue weighted by Crippen LogP contribution is 2.27. The molecule has 0 fully saturated rings. The molecule has 0 unspecified atom stereocenters. The fourth-order valence-corrected chi connectivity index (χ4v) is 2.64. The summed E-state index contributed by atoms with van der Waals surface area (Å²) in [5, 5.41) is 6.48. The minimum absolute atomic E-state index is 0.146. The van der Waals surface area contributed by atoms with E-state index in [4.69, 9.17) is 16.3 Å². The van der Waals surface area contributed by atoms with Crippen molar-refractivity contribution in [2.75, 3.05) is 23.8 Å². The SMILES string of the molecule is CCOc1ccc(NCC(=O)Nc2c(C)cc(C)cc2Cl)cc1. The number of amides is 1. The number of rotatable bonds is 6. The molecule has 0 aliphatic heterocycles. The van der Waals surface area contributed by atoms with Crippen molar-refractivity contribution in [2.24, 2.45) is 0 Å². The minimum Gasteiger partial charge on any atom is -0.494 e. The summed E-state index contributed by atoms with van der Waals surface area (Å²) in [5.41, 5.74) is 3.54. The number of benzene rings is 2. The van der Waals surface area contributed by atoms with Crippen LogP contribution < -0.4 is 15.4 Å². The third kappa shape index (κ3) is 4.89. The Balaban J connectivity index is 1.93. The van der Waals surface area contributed by atoms with Crippen LogP contribution in [0, 0.1) is 13.8 Å². The number of ether oxygens (including phenoxy) is 1. The third-order valence-corrected chi connectivity index (χ3v) is 3.61. The minimum atomic E-state index is -0.146. The molecule has 0 aliphatic rings. The van der Waals surface area contributed by atoms with E-state index in [1.54, 1.807) is 0 Å². The van der Waals surface area contributed by atoms with Crippen LogP contribution >= 0.6 is 11.6 Å². The van der Waals surface area contributed by atoms with Crippen molar-refractivity contribution in [3.05, 3.63) is 52.5 Å². The van der Waals surface area contributed by atoms with E-state index in [0.717, 1.165) is 22.6 Å². The zero-order valence-electron chi connectivity index (χ0n) is 13.6. The van der Waals surface area contributed by atoms with Crippen LogP contribution in [0.3, 0.4) is 0 Å². The van der Waals surface area contributed by atoms with E-state index in [1.807, 2.05) is 57.2 Å². The predicted octanol–water partition coefficient (Wildman–Crippen LogP) is 4.41. The third-order valence-electron chi connectivity index (χ3n) is 3.31. The Morgan fingerprint density at radius 1 is 1.17 bits per heavy atom. The van der Waals surface area contributed by atoms with E-state index < -0.39 is 0 Å². The van der Waals surface area contributed by atoms with Crippen molar-refractivity contribution in [2.45, 2.75) is 20.8 Å². The topological polar surface area (TPSA) is 50.4 Å². The fraction of sp³-hybridized carbons (Fsp3) is 0.278. The smallest absolute Gasteiger partial charge is 0.243 e. The Bertz CT molecular complexity index is 661. The summed E-state index contributed by atoms with van der Waals surface area (Å²) >= 11 is 6.19. The molecule has 0 bridgehead atoms. The lowest BCUT2D eigenvalue weighted by molar-refractivity contribution is -0.114. The zero-order valence-corrected chi connectivity index (χ0v) is 14.3. The first kappa shape index (κ1) is 17.2. The summed E-state index contributed by atoms with van der Waals surface area (Å²) in [7, 11) is 0. The molecule has 2 aromatic carbocycles. The molecule has 1 amide bonds. The van der Waals surface area contributed by atoms with Crippen molar-refractivity contribution in [1.29, 1.82) is 0 Å². The highest BCUT2D eigenvalue weighted by molar-refractivity contribution is 6.34. The van der Waals surface area contributed by atoms with Crippen LogP contribution in [0.4, 0.5) is 11.4 Å². The van der Waals surface area contributed by atoms with Gasteiger partial charge in [0.25, 0.3) is 0 Å². The van der Waals surface area contributed by atoms with Gasteiger partial charge in [0.15, 0.2) is 0 Å². The quantitative estimate of drug-likeness (QED) is 0.824. The van der Waals surface area contributed by atoms with Crippen LogP contribution in [-0.4, -0.2) is 19.1 Å². The Hall–Kier alpha value is -2.20. The van der Waals surface area contributed by atoms with E-state index in [2.05, 4.69) is 10.6 Å². The summed E-state index contributed by atoms with van der Waals surface area (Å²) in [4.78, 5) is 12.1. The zero-order chi connectivity index (χ0) is 16.8. The van der Waals surface area contributed by atoms with Gasteiger partial charge in [0.05, 0.1) is 23.9 Å². The first-order chi connectivity index (χ1) is 11.0. The van der Waals surface area contributed by atoms with E-state index in [0.29, 0.717) is 17.3 Å². The highest BCUT2D eigenvalue weighted by atomic mass is 35.5. The summed E-state index contributed by atoms with van der Waals surface area (Å²) < 4.78 is 5.38. The summed E-state index contributed by atoms with van der Waals surface area (Å²) in [6, 6.07) is 11.3. The predicted molar refractivity (Wildman–Crippen MR) is 95.7 cm³/mol. The summed E-state index contributed by atoms with van der Waals surface area (Å²) in [6.45, 7) is 6.63. The molecule has 5 heteroatoms. The second kappa shape index (κ2) is 7.88. The fourth-order valence-electron chi connectivity index (χ4n) is 2.28. The van der Waals surface area contributed by atoms with Gasteiger partial charge in [0.2, 0.25) is 5.91 Å². The Kier molecular flexibility index (Phi) is 5.88. The van der Waals surface area contributed by atoms with Crippen molar-refractivity contribution in [1.82, 2.24) is 0 Å². The molecular weight excluding hydrogens is 312 g/mol. The second-order valence-corrected chi connectivity index (χ2v) is 5.70. The van der Waals surface area contributed by atoms with Crippen LogP contribution in [0.15, 0.2) is 36.4 Å². The highest BCUT2D eigenvalue weighted by Gasteiger charge is 2.09. The van der Waals surface area contributed by atoms with Crippen LogP contribution in [0.1, 0.15) is 18.1 Å². The summed E-state index contributed by atoms with van der Waals surface area (Å²) in [5.74, 6) is 0.664. The molecule has 122 valence electrons. The number of carbonyl (C=O) groups is 1. The monoisotopic (exact) mass is 332 g/mol. The number of anilines is 2. The van der Waals surface area contributed by atoms with E-state index in [1.165, 1.54) is 0 Å². The standard InChI is InChI=1S/C18H21ClN2O2/c1-4-23-15-7-5-14(6-8-15)20-11-17(22)21-18-13(3)9-12(2)10-16(18)19/h5-10,20H,4,11H2,1-3H3,(H,21,22). The molecular formula is C18H21ClN2O2. The molecule has 0 spiro atoms. The normalized spacial score (nSPS) is 10.3. The number of hydrogen-bond donors (Lipinski definition) is 2. The molecule has 0 saturated heterocycles. The Morgan fingerprint density at radius 3 is 2.48 bits per heavy atom. The molecule has 0 aromatic heterocycles. The lowest BCUT2D eigenvalue weighted by Crippen LogP contribution is -2.22. The average Bonchev–Trinajstić information content (AvgIpc) is 2.50. The van der Waals surface area contributed by atoms with Gasteiger partial charge in [0, 0.05) is 5.69 Å². The first-order valence-electron chi connectivity index (χ1n) is 7.53. The molecule has 2 rings (SSSR count). The molecule has 0 heterocycles. The van der Waals surface area contributed by atoms with Gasteiger partial charge in [-0.15, -0.1) is 0 Å². The van der Waals surface area contributed by atoms with Crippen molar-refractivity contribution < 1.29 is 9.53 Å². The Morgan fingerprint density at radius 2 is 1.87 bits per heavy atom. The van der Waals surface area contributed by atoms with Crippen LogP contribution in [0.25, 0.3) is 0 Å². The maximum atomic E-state index is 12.1. The lowest BCUT2D eigenvalue weighted by atomic mass is 10.1. The number of aryl methyl sites for hydroxylation is 2. The first-order valence-corrected chi connectivity index (χ1v) is 7.90. The lowest BCUT2D eigenvalue weighted by Gasteiger charge is -2.12. The van der Waals surface area contributed by atoms with Gasteiger partial charge in [-0.05, 0) is 62.2 Å². The Labute approximate surface area is 141 Å². The maximum absolute atomic E-state index is 12.1. The number of hydrogen-bond acceptors (Lipinski definition) is 3. The molecule has 23 heavy (non-hydrogen) atoms. The van der Waals surface area contributed by atoms with E-state index >= 15 is 0 Å². The van der Waals surface area contributed by atoms with Gasteiger partial charge in [-0.1, -0.05) is 17.7 Å². The number of halogens is 1. The van der Waals surface area contributed by atoms with Crippen LogP contribution in [0.2, 0.25) is 5.02 Å². The molecule has 0 aliphatic carbocycles. The van der Waals surface area contributed by atoms with Crippen molar-refractivity contribution in [3.63, 3.8) is 0 Å². The largest absolute Gasteiger partial charge is 0.494 e. The van der Waals surface area contributed by atoms with Crippen LogP contribution in [-0.2, 0) is 4.79 Å². The van der Waals surface area contributed by atoms with Gasteiger partial charge >= 0.3 is 0 Å². The molecule has 0 saturated carbocycles. The average molecular weight is 333 g/mol. The maximum Gasteiger partial charge on any atom is 0.243 e. The van der Waals surface area contributed by atoms with Gasteiger partial charge in [0.1, 0.15) is 5.75 Å². The molecule has 4 nitrogen and oxygen atoms in total. The van der Waals surface area contributed by atoms with E-state index in [-0.39, 0.29) is 12.5 Å². The van der Waals surface area contributed by atoms with Crippen LogP contribution in [0.5, 0.6) is 5.75 Å². The van der Waals surface area contributed by atoms with Gasteiger partial charge in [-0.3, -0.25) is 4.79 Å². The van der Waals surface area contributed by atoms with Gasteiger partial charge in [-0.2, -0.15) is 0 Å². The van der Waals surface area contributed by atoms with Crippen molar-refractivity contribution in [3.8, 4) is 5.75 Å². The molecule has 2 aromatic rings. The van der Waals surface area contributed by atoms with E-state index in [9.17, 15) is 4.79 Å². The van der Waals surface area contributed by atoms with Gasteiger partial charge in [-0.25, -0.2) is 0 Å². The number of nitrogens with one attached hydrogen (secondary N) is 2. The molecule has 0 radical (unpaired) electrons. The van der Waals surface area contributed by atoms with Gasteiger partial charge < -0.3 is 15.4 Å².